The first-order chi connectivity index (χ1) is 12.2. The van der Waals surface area contributed by atoms with Gasteiger partial charge in [0.15, 0.2) is 5.96 Å². The number of nitrogens with zero attached hydrogens (tertiary/aromatic N) is 3. The zero-order valence-electron chi connectivity index (χ0n) is 14.5. The van der Waals surface area contributed by atoms with Gasteiger partial charge in [-0.15, -0.1) is 11.3 Å². The number of ether oxygens (including phenoxy) is 1. The average molecular weight is 429 g/mol. The topological polar surface area (TPSA) is 57.2 Å². The molecule has 0 aromatic carbocycles. The van der Waals surface area contributed by atoms with Crippen molar-refractivity contribution in [3.63, 3.8) is 0 Å². The van der Waals surface area contributed by atoms with Gasteiger partial charge in [0, 0.05) is 51.3 Å². The second-order valence-electron chi connectivity index (χ2n) is 6.24. The number of piperazine rings is 1. The normalized spacial score (nSPS) is 21.7. The van der Waals surface area contributed by atoms with Crippen molar-refractivity contribution in [2.45, 2.75) is 25.4 Å². The zero-order valence-corrected chi connectivity index (χ0v) is 16.9. The molecule has 2 saturated heterocycles. The molecule has 1 amide bonds. The summed E-state index contributed by atoms with van der Waals surface area (Å²) in [6.45, 7) is 4.66. The van der Waals surface area contributed by atoms with Gasteiger partial charge in [-0.2, -0.15) is 0 Å². The molecule has 0 aliphatic carbocycles. The molecule has 0 radical (unpaired) electrons. The number of hydrogen-bond acceptors (Lipinski definition) is 4. The molecule has 138 valence electrons. The highest BCUT2D eigenvalue weighted by atomic mass is 79.9. The SMILES string of the molecule is CN=C(NCCc1ccc(Br)s1)N1CCN(C(=O)C2CCCO2)CC1. The van der Waals surface area contributed by atoms with E-state index in [0.717, 1.165) is 57.9 Å². The zero-order chi connectivity index (χ0) is 17.6. The van der Waals surface area contributed by atoms with Crippen LogP contribution in [0.4, 0.5) is 0 Å². The van der Waals surface area contributed by atoms with Crippen molar-refractivity contribution in [3.05, 3.63) is 20.8 Å². The number of carbonyl (C=O) groups is 1. The molecule has 0 bridgehead atoms. The molecule has 2 aliphatic heterocycles. The highest BCUT2D eigenvalue weighted by Crippen LogP contribution is 2.22. The Morgan fingerprint density at radius 3 is 2.72 bits per heavy atom. The Labute approximate surface area is 161 Å². The van der Waals surface area contributed by atoms with E-state index >= 15 is 0 Å². The number of aliphatic imine (C=N–C) groups is 1. The lowest BCUT2D eigenvalue weighted by molar-refractivity contribution is -0.142. The smallest absolute Gasteiger partial charge is 0.251 e. The average Bonchev–Trinajstić information content (AvgIpc) is 3.30. The number of halogens is 1. The minimum absolute atomic E-state index is 0.156. The Kier molecular flexibility index (Phi) is 6.72. The van der Waals surface area contributed by atoms with Crippen LogP contribution >= 0.6 is 27.3 Å². The molecular weight excluding hydrogens is 404 g/mol. The quantitative estimate of drug-likeness (QED) is 0.587. The van der Waals surface area contributed by atoms with E-state index in [1.54, 1.807) is 11.3 Å². The van der Waals surface area contributed by atoms with Crippen LogP contribution in [-0.2, 0) is 16.0 Å². The summed E-state index contributed by atoms with van der Waals surface area (Å²) in [5.74, 6) is 1.07. The Hall–Kier alpha value is -1.12. The maximum Gasteiger partial charge on any atom is 0.251 e. The van der Waals surface area contributed by atoms with Crippen LogP contribution in [0.2, 0.25) is 0 Å². The molecule has 2 aliphatic rings. The number of nitrogens with one attached hydrogen (secondary N) is 1. The minimum Gasteiger partial charge on any atom is -0.368 e. The van der Waals surface area contributed by atoms with Crippen molar-refractivity contribution in [1.82, 2.24) is 15.1 Å². The molecular formula is C17H25BrN4O2S. The van der Waals surface area contributed by atoms with Gasteiger partial charge in [-0.05, 0) is 47.3 Å². The monoisotopic (exact) mass is 428 g/mol. The maximum atomic E-state index is 12.4. The van der Waals surface area contributed by atoms with E-state index in [0.29, 0.717) is 6.61 Å². The number of amides is 1. The molecule has 1 aromatic heterocycles. The molecule has 3 rings (SSSR count). The Bertz CT molecular complexity index is 608. The van der Waals surface area contributed by atoms with Crippen LogP contribution in [-0.4, -0.2) is 74.1 Å². The lowest BCUT2D eigenvalue weighted by Crippen LogP contribution is -2.55. The predicted molar refractivity (Wildman–Crippen MR) is 104 cm³/mol. The Balaban J connectivity index is 1.43. The fraction of sp³-hybridized carbons (Fsp3) is 0.647. The van der Waals surface area contributed by atoms with Gasteiger partial charge in [-0.1, -0.05) is 0 Å². The summed E-state index contributed by atoms with van der Waals surface area (Å²) < 4.78 is 6.68. The second-order valence-corrected chi connectivity index (χ2v) is 8.79. The fourth-order valence-corrected chi connectivity index (χ4v) is 4.71. The van der Waals surface area contributed by atoms with Crippen LogP contribution in [0.3, 0.4) is 0 Å². The highest BCUT2D eigenvalue weighted by molar-refractivity contribution is 9.11. The molecule has 8 heteroatoms. The predicted octanol–water partition coefficient (Wildman–Crippen LogP) is 1.95. The number of rotatable bonds is 4. The van der Waals surface area contributed by atoms with Crippen molar-refractivity contribution in [1.29, 1.82) is 0 Å². The van der Waals surface area contributed by atoms with Gasteiger partial charge in [-0.25, -0.2) is 0 Å². The van der Waals surface area contributed by atoms with E-state index in [9.17, 15) is 4.79 Å². The van der Waals surface area contributed by atoms with Crippen LogP contribution in [0.25, 0.3) is 0 Å². The maximum absolute atomic E-state index is 12.4. The lowest BCUT2D eigenvalue weighted by Gasteiger charge is -2.37. The first-order valence-corrected chi connectivity index (χ1v) is 10.4. The van der Waals surface area contributed by atoms with Gasteiger partial charge in [0.1, 0.15) is 6.10 Å². The summed E-state index contributed by atoms with van der Waals surface area (Å²) in [5, 5.41) is 3.44. The number of guanidine groups is 1. The number of hydrogen-bond donors (Lipinski definition) is 1. The first kappa shape index (κ1) is 18.7. The summed E-state index contributed by atoms with van der Waals surface area (Å²) in [4.78, 5) is 22.3. The van der Waals surface area contributed by atoms with Crippen molar-refractivity contribution in [2.75, 3.05) is 46.4 Å². The molecule has 2 fully saturated rings. The molecule has 25 heavy (non-hydrogen) atoms. The minimum atomic E-state index is -0.214. The fourth-order valence-electron chi connectivity index (χ4n) is 3.23. The van der Waals surface area contributed by atoms with E-state index in [4.69, 9.17) is 4.74 Å². The Morgan fingerprint density at radius 1 is 1.36 bits per heavy atom. The van der Waals surface area contributed by atoms with Crippen LogP contribution in [0.15, 0.2) is 20.9 Å². The van der Waals surface area contributed by atoms with Crippen LogP contribution < -0.4 is 5.32 Å². The largest absolute Gasteiger partial charge is 0.368 e. The molecule has 1 N–H and O–H groups in total. The summed E-state index contributed by atoms with van der Waals surface area (Å²) in [5.41, 5.74) is 0. The van der Waals surface area contributed by atoms with Gasteiger partial charge in [0.05, 0.1) is 3.79 Å². The summed E-state index contributed by atoms with van der Waals surface area (Å²) >= 11 is 5.26. The summed E-state index contributed by atoms with van der Waals surface area (Å²) in [7, 11) is 1.81. The number of carbonyl (C=O) groups excluding carboxylic acids is 1. The van der Waals surface area contributed by atoms with Crippen LogP contribution in [0.1, 0.15) is 17.7 Å². The number of thiophene rings is 1. The lowest BCUT2D eigenvalue weighted by atomic mass is 10.2. The van der Waals surface area contributed by atoms with Gasteiger partial charge < -0.3 is 19.9 Å². The van der Waals surface area contributed by atoms with Crippen molar-refractivity contribution in [3.8, 4) is 0 Å². The molecule has 3 heterocycles. The second kappa shape index (κ2) is 9.00. The van der Waals surface area contributed by atoms with Crippen molar-refractivity contribution in [2.24, 2.45) is 4.99 Å². The molecule has 0 spiro atoms. The van der Waals surface area contributed by atoms with Gasteiger partial charge in [-0.3, -0.25) is 9.79 Å². The van der Waals surface area contributed by atoms with Crippen LogP contribution in [0, 0.1) is 0 Å². The third kappa shape index (κ3) is 4.95. The van der Waals surface area contributed by atoms with E-state index in [2.05, 4.69) is 43.3 Å². The molecule has 1 aromatic rings. The Morgan fingerprint density at radius 2 is 2.12 bits per heavy atom. The van der Waals surface area contributed by atoms with E-state index in [1.165, 1.54) is 8.66 Å². The van der Waals surface area contributed by atoms with Gasteiger partial charge in [0.25, 0.3) is 5.91 Å². The summed E-state index contributed by atoms with van der Waals surface area (Å²) in [6, 6.07) is 4.23. The van der Waals surface area contributed by atoms with E-state index in [1.807, 2.05) is 11.9 Å². The van der Waals surface area contributed by atoms with E-state index < -0.39 is 0 Å². The molecule has 1 atom stereocenters. The standard InChI is InChI=1S/C17H25BrN4O2S/c1-19-17(20-7-6-13-4-5-15(18)25-13)22-10-8-21(9-11-22)16(23)14-3-2-12-24-14/h4-5,14H,2-3,6-12H2,1H3,(H,19,20). The van der Waals surface area contributed by atoms with E-state index in [-0.39, 0.29) is 12.0 Å². The van der Waals surface area contributed by atoms with Gasteiger partial charge in [0.2, 0.25) is 0 Å². The molecule has 6 nitrogen and oxygen atoms in total. The van der Waals surface area contributed by atoms with Crippen molar-refractivity contribution >= 4 is 39.1 Å². The highest BCUT2D eigenvalue weighted by Gasteiger charge is 2.30. The van der Waals surface area contributed by atoms with Crippen LogP contribution in [0.5, 0.6) is 0 Å². The third-order valence-electron chi connectivity index (χ3n) is 4.59. The molecule has 0 saturated carbocycles. The van der Waals surface area contributed by atoms with Gasteiger partial charge >= 0.3 is 0 Å². The summed E-state index contributed by atoms with van der Waals surface area (Å²) in [6.07, 6.45) is 2.62. The van der Waals surface area contributed by atoms with Crippen molar-refractivity contribution < 1.29 is 9.53 Å². The molecule has 1 unspecified atom stereocenters. The first-order valence-electron chi connectivity index (χ1n) is 8.77. The third-order valence-corrected chi connectivity index (χ3v) is 6.27.